The first-order valence-electron chi connectivity index (χ1n) is 8.20. The lowest BCUT2D eigenvalue weighted by Crippen LogP contribution is -2.48. The molecule has 1 heterocycles. The van der Waals surface area contributed by atoms with Gasteiger partial charge in [0.1, 0.15) is 0 Å². The van der Waals surface area contributed by atoms with Crippen LogP contribution in [0.2, 0.25) is 0 Å². The van der Waals surface area contributed by atoms with Gasteiger partial charge in [0.25, 0.3) is 0 Å². The number of rotatable bonds is 5. The molecule has 1 aliphatic rings. The number of hydrogen-bond acceptors (Lipinski definition) is 2. The summed E-state index contributed by atoms with van der Waals surface area (Å²) in [5.74, 6) is 2.53. The summed E-state index contributed by atoms with van der Waals surface area (Å²) in [5, 5.41) is 3.64. The van der Waals surface area contributed by atoms with Crippen LogP contribution in [-0.2, 0) is 0 Å². The van der Waals surface area contributed by atoms with Crippen LogP contribution < -0.4 is 5.32 Å². The Morgan fingerprint density at radius 2 is 1.58 bits per heavy atom. The van der Waals surface area contributed by atoms with E-state index in [4.69, 9.17) is 0 Å². The van der Waals surface area contributed by atoms with Crippen LogP contribution >= 0.6 is 0 Å². The number of piperidine rings is 1. The molecule has 0 aromatic rings. The minimum absolute atomic E-state index is 0.235. The van der Waals surface area contributed by atoms with E-state index >= 15 is 0 Å². The Labute approximate surface area is 121 Å². The Morgan fingerprint density at radius 3 is 2.00 bits per heavy atom. The van der Waals surface area contributed by atoms with Crippen molar-refractivity contribution in [3.8, 4) is 0 Å². The van der Waals surface area contributed by atoms with E-state index in [-0.39, 0.29) is 5.54 Å². The van der Waals surface area contributed by atoms with Crippen LogP contribution in [0.4, 0.5) is 0 Å². The molecule has 2 heteroatoms. The van der Waals surface area contributed by atoms with Crippen molar-refractivity contribution in [1.82, 2.24) is 10.2 Å². The topological polar surface area (TPSA) is 15.3 Å². The van der Waals surface area contributed by atoms with Gasteiger partial charge in [-0.1, -0.05) is 20.8 Å². The first-order valence-corrected chi connectivity index (χ1v) is 8.20. The molecule has 1 aliphatic heterocycles. The van der Waals surface area contributed by atoms with Crippen molar-refractivity contribution >= 4 is 0 Å². The van der Waals surface area contributed by atoms with E-state index in [1.165, 1.54) is 25.9 Å². The molecular formula is C17H36N2. The Hall–Kier alpha value is -0.0800. The van der Waals surface area contributed by atoms with Crippen molar-refractivity contribution in [2.24, 2.45) is 17.8 Å². The molecule has 0 bridgehead atoms. The number of likely N-dealkylation sites (tertiary alicyclic amines) is 1. The van der Waals surface area contributed by atoms with Crippen molar-refractivity contribution in [3.05, 3.63) is 0 Å². The van der Waals surface area contributed by atoms with Crippen molar-refractivity contribution in [1.29, 1.82) is 0 Å². The fourth-order valence-electron chi connectivity index (χ4n) is 2.99. The third-order valence-electron chi connectivity index (χ3n) is 4.87. The van der Waals surface area contributed by atoms with Crippen LogP contribution in [0.5, 0.6) is 0 Å². The second kappa shape index (κ2) is 7.08. The monoisotopic (exact) mass is 268 g/mol. The van der Waals surface area contributed by atoms with Crippen molar-refractivity contribution in [3.63, 3.8) is 0 Å². The minimum Gasteiger partial charge on any atom is -0.312 e. The first kappa shape index (κ1) is 17.0. The van der Waals surface area contributed by atoms with E-state index in [0.29, 0.717) is 6.04 Å². The fourth-order valence-corrected chi connectivity index (χ4v) is 2.99. The highest BCUT2D eigenvalue weighted by molar-refractivity contribution is 4.82. The van der Waals surface area contributed by atoms with E-state index in [1.54, 1.807) is 0 Å². The molecular weight excluding hydrogens is 232 g/mol. The van der Waals surface area contributed by atoms with E-state index < -0.39 is 0 Å². The van der Waals surface area contributed by atoms with Crippen molar-refractivity contribution in [2.45, 2.75) is 72.9 Å². The van der Waals surface area contributed by atoms with Gasteiger partial charge in [-0.15, -0.1) is 0 Å². The molecule has 0 saturated carbocycles. The molecule has 1 rings (SSSR count). The maximum Gasteiger partial charge on any atom is 0.0105 e. The van der Waals surface area contributed by atoms with Crippen LogP contribution in [-0.4, -0.2) is 36.1 Å². The largest absolute Gasteiger partial charge is 0.312 e. The summed E-state index contributed by atoms with van der Waals surface area (Å²) < 4.78 is 0. The van der Waals surface area contributed by atoms with Crippen LogP contribution in [0, 0.1) is 17.8 Å². The normalized spacial score (nSPS) is 22.7. The standard InChI is InChI=1S/C17H36N2/c1-13(2)16-8-10-19(11-9-16)15(4)14(3)12-18-17(5,6)7/h13-16,18H,8-12H2,1-7H3. The predicted octanol–water partition coefficient (Wildman–Crippen LogP) is 3.77. The molecule has 1 N–H and O–H groups in total. The Morgan fingerprint density at radius 1 is 1.05 bits per heavy atom. The van der Waals surface area contributed by atoms with Gasteiger partial charge in [0.05, 0.1) is 0 Å². The summed E-state index contributed by atoms with van der Waals surface area (Å²) in [6.07, 6.45) is 2.78. The molecule has 1 fully saturated rings. The zero-order valence-electron chi connectivity index (χ0n) is 14.3. The average Bonchev–Trinajstić information content (AvgIpc) is 2.34. The molecule has 0 amide bonds. The van der Waals surface area contributed by atoms with Gasteiger partial charge in [0, 0.05) is 11.6 Å². The zero-order chi connectivity index (χ0) is 14.6. The predicted molar refractivity (Wildman–Crippen MR) is 85.5 cm³/mol. The molecule has 0 radical (unpaired) electrons. The van der Waals surface area contributed by atoms with Gasteiger partial charge in [0.15, 0.2) is 0 Å². The van der Waals surface area contributed by atoms with E-state index in [1.807, 2.05) is 0 Å². The van der Waals surface area contributed by atoms with Gasteiger partial charge in [0.2, 0.25) is 0 Å². The fraction of sp³-hybridized carbons (Fsp3) is 1.00. The van der Waals surface area contributed by atoms with Gasteiger partial charge in [-0.25, -0.2) is 0 Å². The second-order valence-corrected chi connectivity index (χ2v) is 7.97. The lowest BCUT2D eigenvalue weighted by atomic mass is 9.85. The van der Waals surface area contributed by atoms with Crippen molar-refractivity contribution in [2.75, 3.05) is 19.6 Å². The van der Waals surface area contributed by atoms with E-state index in [9.17, 15) is 0 Å². The summed E-state index contributed by atoms with van der Waals surface area (Å²) in [6.45, 7) is 20.0. The Balaban J connectivity index is 2.35. The molecule has 1 saturated heterocycles. The molecule has 2 nitrogen and oxygen atoms in total. The van der Waals surface area contributed by atoms with Gasteiger partial charge in [-0.05, 0) is 77.9 Å². The van der Waals surface area contributed by atoms with Crippen molar-refractivity contribution < 1.29 is 0 Å². The lowest BCUT2D eigenvalue weighted by molar-refractivity contribution is 0.0934. The van der Waals surface area contributed by atoms with E-state index in [0.717, 1.165) is 24.3 Å². The maximum absolute atomic E-state index is 3.64. The molecule has 0 aromatic heterocycles. The smallest absolute Gasteiger partial charge is 0.0105 e. The molecule has 0 aliphatic carbocycles. The molecule has 0 aromatic carbocycles. The van der Waals surface area contributed by atoms with Gasteiger partial charge >= 0.3 is 0 Å². The highest BCUT2D eigenvalue weighted by atomic mass is 15.2. The highest BCUT2D eigenvalue weighted by Gasteiger charge is 2.27. The van der Waals surface area contributed by atoms with Crippen LogP contribution in [0.1, 0.15) is 61.3 Å². The SMILES string of the molecule is CC(C)C1CCN(C(C)C(C)CNC(C)(C)C)CC1. The quantitative estimate of drug-likeness (QED) is 0.816. The maximum atomic E-state index is 3.64. The lowest BCUT2D eigenvalue weighted by Gasteiger charge is -2.40. The third kappa shape index (κ3) is 5.83. The molecule has 114 valence electrons. The second-order valence-electron chi connectivity index (χ2n) is 7.97. The summed E-state index contributed by atoms with van der Waals surface area (Å²) in [5.41, 5.74) is 0.235. The number of nitrogens with one attached hydrogen (secondary N) is 1. The Bertz CT molecular complexity index is 246. The van der Waals surface area contributed by atoms with Crippen LogP contribution in [0.25, 0.3) is 0 Å². The van der Waals surface area contributed by atoms with Gasteiger partial charge in [-0.2, -0.15) is 0 Å². The minimum atomic E-state index is 0.235. The first-order chi connectivity index (χ1) is 8.70. The summed E-state index contributed by atoms with van der Waals surface area (Å²) >= 11 is 0. The number of nitrogens with zero attached hydrogens (tertiary/aromatic N) is 1. The van der Waals surface area contributed by atoms with Crippen LogP contribution in [0.15, 0.2) is 0 Å². The summed E-state index contributed by atoms with van der Waals surface area (Å²) in [6, 6.07) is 0.697. The average molecular weight is 268 g/mol. The molecule has 0 spiro atoms. The summed E-state index contributed by atoms with van der Waals surface area (Å²) in [4.78, 5) is 2.70. The Kier molecular flexibility index (Phi) is 6.32. The molecule has 2 unspecified atom stereocenters. The third-order valence-corrected chi connectivity index (χ3v) is 4.87. The molecule has 2 atom stereocenters. The molecule has 19 heavy (non-hydrogen) atoms. The van der Waals surface area contributed by atoms with E-state index in [2.05, 4.69) is 58.7 Å². The highest BCUT2D eigenvalue weighted by Crippen LogP contribution is 2.26. The zero-order valence-corrected chi connectivity index (χ0v) is 14.3. The van der Waals surface area contributed by atoms with Gasteiger partial charge < -0.3 is 10.2 Å². The van der Waals surface area contributed by atoms with Gasteiger partial charge in [-0.3, -0.25) is 0 Å². The summed E-state index contributed by atoms with van der Waals surface area (Å²) in [7, 11) is 0. The van der Waals surface area contributed by atoms with Crippen LogP contribution in [0.3, 0.4) is 0 Å². The number of hydrogen-bond donors (Lipinski definition) is 1.